The van der Waals surface area contributed by atoms with Gasteiger partial charge in [0.1, 0.15) is 5.75 Å². The minimum Gasteiger partial charge on any atom is -0.497 e. The molecule has 1 fully saturated rings. The van der Waals surface area contributed by atoms with Gasteiger partial charge in [-0.2, -0.15) is 0 Å². The van der Waals surface area contributed by atoms with Crippen molar-refractivity contribution < 1.29 is 4.74 Å². The fourth-order valence-corrected chi connectivity index (χ4v) is 4.72. The summed E-state index contributed by atoms with van der Waals surface area (Å²) >= 11 is 5.85. The van der Waals surface area contributed by atoms with Gasteiger partial charge in [-0.15, -0.1) is 0 Å². The summed E-state index contributed by atoms with van der Waals surface area (Å²) in [4.78, 5) is 18.1. The van der Waals surface area contributed by atoms with Gasteiger partial charge in [0.25, 0.3) is 5.56 Å². The van der Waals surface area contributed by atoms with Gasteiger partial charge in [-0.05, 0) is 61.1 Å². The molecule has 1 atom stereocenters. The molecule has 0 saturated heterocycles. The van der Waals surface area contributed by atoms with Gasteiger partial charge in [-0.25, -0.2) is 0 Å². The number of hydrogen-bond donors (Lipinski definition) is 2. The predicted octanol–water partition coefficient (Wildman–Crippen LogP) is 4.92. The molecule has 0 amide bonds. The van der Waals surface area contributed by atoms with E-state index in [1.807, 2.05) is 42.5 Å². The van der Waals surface area contributed by atoms with Crippen molar-refractivity contribution in [1.82, 2.24) is 15.2 Å². The number of fused-ring (bicyclic) bond motifs is 1. The fourth-order valence-electron chi connectivity index (χ4n) is 4.33. The Labute approximate surface area is 188 Å². The molecule has 1 aliphatic rings. The van der Waals surface area contributed by atoms with Gasteiger partial charge in [-0.1, -0.05) is 43.2 Å². The Bertz CT molecular complexity index is 1110. The Morgan fingerprint density at radius 3 is 2.65 bits per heavy atom. The molecule has 0 radical (unpaired) electrons. The maximum Gasteiger partial charge on any atom is 0.253 e. The molecular formula is C25H29N3O2S. The predicted molar refractivity (Wildman–Crippen MR) is 130 cm³/mol. The van der Waals surface area contributed by atoms with Gasteiger partial charge in [0.05, 0.1) is 25.2 Å². The second-order valence-corrected chi connectivity index (χ2v) is 8.61. The second-order valence-electron chi connectivity index (χ2n) is 8.22. The summed E-state index contributed by atoms with van der Waals surface area (Å²) in [5.41, 5.74) is 2.61. The van der Waals surface area contributed by atoms with Crippen molar-refractivity contribution in [3.63, 3.8) is 0 Å². The van der Waals surface area contributed by atoms with Crippen molar-refractivity contribution in [2.75, 3.05) is 7.11 Å². The van der Waals surface area contributed by atoms with E-state index < -0.39 is 0 Å². The zero-order valence-electron chi connectivity index (χ0n) is 18.1. The third kappa shape index (κ3) is 4.90. The van der Waals surface area contributed by atoms with Crippen molar-refractivity contribution >= 4 is 28.2 Å². The van der Waals surface area contributed by atoms with Gasteiger partial charge in [-0.3, -0.25) is 4.79 Å². The molecule has 2 N–H and O–H groups in total. The number of benzene rings is 2. The van der Waals surface area contributed by atoms with E-state index in [1.165, 1.54) is 18.4 Å². The number of nitrogens with one attached hydrogen (secondary N) is 2. The number of methoxy groups -OCH3 is 1. The molecule has 1 aliphatic carbocycles. The number of hydrogen-bond acceptors (Lipinski definition) is 3. The third-order valence-corrected chi connectivity index (χ3v) is 6.49. The molecular weight excluding hydrogens is 406 g/mol. The van der Waals surface area contributed by atoms with E-state index in [0.29, 0.717) is 17.7 Å². The number of aromatic nitrogens is 1. The minimum absolute atomic E-state index is 0.0809. The highest BCUT2D eigenvalue weighted by atomic mass is 32.1. The van der Waals surface area contributed by atoms with Crippen LogP contribution in [0.1, 0.15) is 49.8 Å². The van der Waals surface area contributed by atoms with Crippen LogP contribution in [0.25, 0.3) is 10.9 Å². The van der Waals surface area contributed by atoms with Crippen LogP contribution in [0.4, 0.5) is 0 Å². The van der Waals surface area contributed by atoms with Crippen LogP contribution in [0.2, 0.25) is 0 Å². The Kier molecular flexibility index (Phi) is 6.56. The smallest absolute Gasteiger partial charge is 0.253 e. The molecule has 1 heterocycles. The Balaban J connectivity index is 1.59. The van der Waals surface area contributed by atoms with E-state index in [-0.39, 0.29) is 11.6 Å². The van der Waals surface area contributed by atoms with E-state index in [0.717, 1.165) is 35.1 Å². The highest BCUT2D eigenvalue weighted by Crippen LogP contribution is 2.26. The summed E-state index contributed by atoms with van der Waals surface area (Å²) in [6, 6.07) is 18.4. The summed E-state index contributed by atoms with van der Waals surface area (Å²) in [7, 11) is 1.62. The normalized spacial score (nSPS) is 15.0. The van der Waals surface area contributed by atoms with E-state index in [2.05, 4.69) is 34.3 Å². The zero-order valence-corrected chi connectivity index (χ0v) is 18.9. The van der Waals surface area contributed by atoms with Gasteiger partial charge < -0.3 is 19.9 Å². The van der Waals surface area contributed by atoms with Crippen LogP contribution >= 0.6 is 12.2 Å². The molecule has 1 aromatic heterocycles. The molecule has 6 heteroatoms. The number of nitrogens with zero attached hydrogens (tertiary/aromatic N) is 1. The second kappa shape index (κ2) is 9.52. The fraction of sp³-hybridized carbons (Fsp3) is 0.360. The molecule has 4 rings (SSSR count). The average Bonchev–Trinajstić information content (AvgIpc) is 3.32. The number of pyridine rings is 1. The maximum absolute atomic E-state index is 12.9. The average molecular weight is 436 g/mol. The molecule has 1 unspecified atom stereocenters. The van der Waals surface area contributed by atoms with Crippen molar-refractivity contribution in [2.24, 2.45) is 0 Å². The number of thiocarbonyl (C=S) groups is 1. The van der Waals surface area contributed by atoms with E-state index in [1.54, 1.807) is 7.11 Å². The lowest BCUT2D eigenvalue weighted by Crippen LogP contribution is -2.46. The highest BCUT2D eigenvalue weighted by Gasteiger charge is 2.26. The molecule has 1 saturated carbocycles. The summed E-state index contributed by atoms with van der Waals surface area (Å²) in [5, 5.41) is 5.18. The highest BCUT2D eigenvalue weighted by molar-refractivity contribution is 7.80. The molecule has 162 valence electrons. The minimum atomic E-state index is -0.0809. The summed E-state index contributed by atoms with van der Waals surface area (Å²) < 4.78 is 5.27. The standard InChI is InChI=1S/C25H29N3O2S/c1-17(18-8-4-3-5-9-18)26-25(31)28(21-10-6-7-11-21)16-20-14-19-12-13-22(30-2)15-23(19)27-24(20)29/h3-5,8-9,12-15,17,21H,6-7,10-11,16H2,1-2H3,(H,26,31)(H,27,29). The topological polar surface area (TPSA) is 57.4 Å². The lowest BCUT2D eigenvalue weighted by atomic mass is 10.1. The van der Waals surface area contributed by atoms with Crippen molar-refractivity contribution in [3.8, 4) is 5.75 Å². The molecule has 0 aliphatic heterocycles. The molecule has 3 aromatic rings. The van der Waals surface area contributed by atoms with Crippen LogP contribution < -0.4 is 15.6 Å². The van der Waals surface area contributed by atoms with Crippen LogP contribution in [0.3, 0.4) is 0 Å². The van der Waals surface area contributed by atoms with E-state index in [9.17, 15) is 4.79 Å². The largest absolute Gasteiger partial charge is 0.497 e. The number of H-pyrrole nitrogens is 1. The summed E-state index contributed by atoms with van der Waals surface area (Å²) in [6.07, 6.45) is 4.60. The van der Waals surface area contributed by atoms with Gasteiger partial charge >= 0.3 is 0 Å². The van der Waals surface area contributed by atoms with Gasteiger partial charge in [0.15, 0.2) is 5.11 Å². The van der Waals surface area contributed by atoms with E-state index in [4.69, 9.17) is 17.0 Å². The maximum atomic E-state index is 12.9. The third-order valence-electron chi connectivity index (χ3n) is 6.14. The Hall–Kier alpha value is -2.86. The van der Waals surface area contributed by atoms with Crippen LogP contribution in [-0.2, 0) is 6.54 Å². The Morgan fingerprint density at radius 2 is 1.94 bits per heavy atom. The first-order chi connectivity index (χ1) is 15.0. The Morgan fingerprint density at radius 1 is 1.19 bits per heavy atom. The number of ether oxygens (including phenoxy) is 1. The van der Waals surface area contributed by atoms with Crippen LogP contribution in [0.15, 0.2) is 59.4 Å². The SMILES string of the molecule is COc1ccc2cc(CN(C(=S)NC(C)c3ccccc3)C3CCCC3)c(=O)[nH]c2c1. The quantitative estimate of drug-likeness (QED) is 0.539. The van der Waals surface area contributed by atoms with Crippen LogP contribution in [-0.4, -0.2) is 28.1 Å². The number of rotatable bonds is 6. The van der Waals surface area contributed by atoms with Crippen LogP contribution in [0.5, 0.6) is 5.75 Å². The lowest BCUT2D eigenvalue weighted by Gasteiger charge is -2.33. The first kappa shape index (κ1) is 21.4. The molecule has 5 nitrogen and oxygen atoms in total. The zero-order chi connectivity index (χ0) is 21.8. The van der Waals surface area contributed by atoms with E-state index >= 15 is 0 Å². The van der Waals surface area contributed by atoms with Crippen molar-refractivity contribution in [3.05, 3.63) is 76.1 Å². The number of aromatic amines is 1. The summed E-state index contributed by atoms with van der Waals surface area (Å²) in [5.74, 6) is 0.726. The van der Waals surface area contributed by atoms with Gasteiger partial charge in [0, 0.05) is 17.7 Å². The summed E-state index contributed by atoms with van der Waals surface area (Å²) in [6.45, 7) is 2.61. The molecule has 2 aromatic carbocycles. The lowest BCUT2D eigenvalue weighted by molar-refractivity contribution is 0.300. The molecule has 0 bridgehead atoms. The molecule has 0 spiro atoms. The van der Waals surface area contributed by atoms with Crippen molar-refractivity contribution in [2.45, 2.75) is 51.2 Å². The monoisotopic (exact) mass is 435 g/mol. The first-order valence-electron chi connectivity index (χ1n) is 10.9. The first-order valence-corrected chi connectivity index (χ1v) is 11.3. The van der Waals surface area contributed by atoms with Crippen molar-refractivity contribution in [1.29, 1.82) is 0 Å². The van der Waals surface area contributed by atoms with Gasteiger partial charge in [0.2, 0.25) is 0 Å². The molecule has 31 heavy (non-hydrogen) atoms. The van der Waals surface area contributed by atoms with Crippen LogP contribution in [0, 0.1) is 0 Å².